The molecule has 0 aliphatic carbocycles. The molecule has 0 saturated heterocycles. The normalized spacial score (nSPS) is 10.7. The van der Waals surface area contributed by atoms with E-state index in [1.807, 2.05) is 25.1 Å². The van der Waals surface area contributed by atoms with Gasteiger partial charge in [0.2, 0.25) is 0 Å². The Labute approximate surface area is 120 Å². The van der Waals surface area contributed by atoms with E-state index in [0.717, 1.165) is 33.0 Å². The number of benzene rings is 1. The summed E-state index contributed by atoms with van der Waals surface area (Å²) in [5, 5.41) is 7.12. The number of anilines is 1. The highest BCUT2D eigenvalue weighted by atomic mass is 32.1. The van der Waals surface area contributed by atoms with E-state index in [1.54, 1.807) is 18.8 Å². The molecule has 20 heavy (non-hydrogen) atoms. The molecule has 0 spiro atoms. The summed E-state index contributed by atoms with van der Waals surface area (Å²) in [6, 6.07) is 5.99. The summed E-state index contributed by atoms with van der Waals surface area (Å²) in [7, 11) is 1.65. The number of aromatic amines is 1. The Morgan fingerprint density at radius 3 is 2.90 bits per heavy atom. The maximum Gasteiger partial charge on any atom is 0.153 e. The van der Waals surface area contributed by atoms with Crippen LogP contribution in [0.3, 0.4) is 0 Å². The van der Waals surface area contributed by atoms with Gasteiger partial charge in [0.25, 0.3) is 0 Å². The van der Waals surface area contributed by atoms with Gasteiger partial charge in [0.05, 0.1) is 28.8 Å². The molecule has 0 bridgehead atoms. The predicted octanol–water partition coefficient (Wildman–Crippen LogP) is 3.10. The van der Waals surface area contributed by atoms with Crippen LogP contribution in [0.1, 0.15) is 5.56 Å². The largest absolute Gasteiger partial charge is 0.496 e. The number of aryl methyl sites for hydroxylation is 1. The van der Waals surface area contributed by atoms with Gasteiger partial charge in [0, 0.05) is 11.8 Å². The first-order valence-electron chi connectivity index (χ1n) is 6.08. The Balaban J connectivity index is 2.25. The van der Waals surface area contributed by atoms with Gasteiger partial charge in [-0.25, -0.2) is 0 Å². The Morgan fingerprint density at radius 2 is 2.20 bits per heavy atom. The fraction of sp³-hybridized carbons (Fsp3) is 0.143. The Bertz CT molecular complexity index is 734. The van der Waals surface area contributed by atoms with Crippen molar-refractivity contribution >= 4 is 17.2 Å². The molecule has 0 unspecified atom stereocenters. The molecule has 6 heteroatoms. The van der Waals surface area contributed by atoms with Crippen molar-refractivity contribution in [1.29, 1.82) is 0 Å². The lowest BCUT2D eigenvalue weighted by molar-refractivity contribution is 0.416. The van der Waals surface area contributed by atoms with Gasteiger partial charge in [-0.3, -0.25) is 10.1 Å². The van der Waals surface area contributed by atoms with Crippen LogP contribution in [0, 0.1) is 6.92 Å². The minimum Gasteiger partial charge on any atom is -0.496 e. The van der Waals surface area contributed by atoms with E-state index < -0.39 is 0 Å². The SMILES string of the molecule is COc1ccc(C)cc1-c1c(N)n[nH]c1-c1cncs1. The van der Waals surface area contributed by atoms with Crippen LogP contribution in [0.4, 0.5) is 5.82 Å². The molecule has 3 rings (SSSR count). The van der Waals surface area contributed by atoms with E-state index in [9.17, 15) is 0 Å². The smallest absolute Gasteiger partial charge is 0.153 e. The molecule has 0 aliphatic heterocycles. The van der Waals surface area contributed by atoms with Crippen LogP contribution in [0.25, 0.3) is 21.7 Å². The zero-order chi connectivity index (χ0) is 14.1. The number of ether oxygens (including phenoxy) is 1. The average molecular weight is 286 g/mol. The van der Waals surface area contributed by atoms with Crippen LogP contribution < -0.4 is 10.5 Å². The van der Waals surface area contributed by atoms with Crippen molar-refractivity contribution in [1.82, 2.24) is 15.2 Å². The molecule has 2 aromatic heterocycles. The lowest BCUT2D eigenvalue weighted by Gasteiger charge is -2.10. The third kappa shape index (κ3) is 2.04. The summed E-state index contributed by atoms with van der Waals surface area (Å²) >= 11 is 1.54. The summed E-state index contributed by atoms with van der Waals surface area (Å²) in [5.41, 5.74) is 11.6. The van der Waals surface area contributed by atoms with Gasteiger partial charge in [0.15, 0.2) is 5.82 Å². The van der Waals surface area contributed by atoms with Gasteiger partial charge in [-0.05, 0) is 19.1 Å². The highest BCUT2D eigenvalue weighted by molar-refractivity contribution is 7.13. The van der Waals surface area contributed by atoms with Gasteiger partial charge >= 0.3 is 0 Å². The van der Waals surface area contributed by atoms with E-state index in [4.69, 9.17) is 10.5 Å². The van der Waals surface area contributed by atoms with Crippen molar-refractivity contribution < 1.29 is 4.74 Å². The van der Waals surface area contributed by atoms with Gasteiger partial charge < -0.3 is 10.5 Å². The molecule has 0 aliphatic rings. The molecular formula is C14H14N4OS. The van der Waals surface area contributed by atoms with E-state index in [0.29, 0.717) is 5.82 Å². The van der Waals surface area contributed by atoms with Crippen molar-refractivity contribution in [2.75, 3.05) is 12.8 Å². The number of nitrogens with zero attached hydrogens (tertiary/aromatic N) is 2. The topological polar surface area (TPSA) is 76.8 Å². The van der Waals surface area contributed by atoms with Crippen LogP contribution in [0.5, 0.6) is 5.75 Å². The van der Waals surface area contributed by atoms with E-state index in [1.165, 1.54) is 11.3 Å². The standard InChI is InChI=1S/C14H14N4OS/c1-8-3-4-10(19-2)9(5-8)12-13(17-18-14(12)15)11-6-16-7-20-11/h3-7H,1-2H3,(H3,15,17,18). The van der Waals surface area contributed by atoms with Crippen molar-refractivity contribution in [3.63, 3.8) is 0 Å². The molecule has 3 aromatic rings. The van der Waals surface area contributed by atoms with E-state index in [2.05, 4.69) is 15.2 Å². The number of rotatable bonds is 3. The zero-order valence-corrected chi connectivity index (χ0v) is 12.0. The molecule has 0 amide bonds. The highest BCUT2D eigenvalue weighted by Gasteiger charge is 2.19. The van der Waals surface area contributed by atoms with Crippen LogP contribution in [0.15, 0.2) is 29.9 Å². The van der Waals surface area contributed by atoms with Crippen LogP contribution in [-0.2, 0) is 0 Å². The highest BCUT2D eigenvalue weighted by Crippen LogP contribution is 2.40. The van der Waals surface area contributed by atoms with Gasteiger partial charge in [0.1, 0.15) is 5.75 Å². The number of nitrogens with two attached hydrogens (primary N) is 1. The van der Waals surface area contributed by atoms with E-state index in [-0.39, 0.29) is 0 Å². The number of nitrogens with one attached hydrogen (secondary N) is 1. The maximum absolute atomic E-state index is 6.04. The minimum atomic E-state index is 0.456. The number of methoxy groups -OCH3 is 1. The average Bonchev–Trinajstić information content (AvgIpc) is 3.07. The maximum atomic E-state index is 6.04. The minimum absolute atomic E-state index is 0.456. The van der Waals surface area contributed by atoms with E-state index >= 15 is 0 Å². The Morgan fingerprint density at radius 1 is 1.35 bits per heavy atom. The number of thiazole rings is 1. The molecule has 0 radical (unpaired) electrons. The molecule has 102 valence electrons. The van der Waals surface area contributed by atoms with Crippen molar-refractivity contribution in [3.05, 3.63) is 35.5 Å². The van der Waals surface area contributed by atoms with Crippen molar-refractivity contribution in [2.45, 2.75) is 6.92 Å². The van der Waals surface area contributed by atoms with Crippen LogP contribution >= 0.6 is 11.3 Å². The lowest BCUT2D eigenvalue weighted by Crippen LogP contribution is -1.93. The number of aromatic nitrogens is 3. The fourth-order valence-electron chi connectivity index (χ4n) is 2.16. The Kier molecular flexibility index (Phi) is 3.15. The summed E-state index contributed by atoms with van der Waals surface area (Å²) in [4.78, 5) is 5.09. The molecule has 0 atom stereocenters. The number of hydrogen-bond donors (Lipinski definition) is 2. The van der Waals surface area contributed by atoms with Crippen LogP contribution in [0.2, 0.25) is 0 Å². The molecule has 1 aromatic carbocycles. The number of nitrogen functional groups attached to an aromatic ring is 1. The second kappa shape index (κ2) is 4.97. The first kappa shape index (κ1) is 12.7. The fourth-order valence-corrected chi connectivity index (χ4v) is 2.79. The summed E-state index contributed by atoms with van der Waals surface area (Å²) in [6.07, 6.45) is 1.80. The third-order valence-electron chi connectivity index (χ3n) is 3.10. The third-order valence-corrected chi connectivity index (χ3v) is 3.89. The molecular weight excluding hydrogens is 272 g/mol. The summed E-state index contributed by atoms with van der Waals surface area (Å²) in [6.45, 7) is 2.03. The molecule has 5 nitrogen and oxygen atoms in total. The first-order valence-corrected chi connectivity index (χ1v) is 6.96. The molecule has 0 fully saturated rings. The van der Waals surface area contributed by atoms with Crippen LogP contribution in [-0.4, -0.2) is 22.3 Å². The number of hydrogen-bond acceptors (Lipinski definition) is 5. The van der Waals surface area contributed by atoms with Gasteiger partial charge in [-0.2, -0.15) is 5.10 Å². The molecule has 0 saturated carbocycles. The second-order valence-corrected chi connectivity index (χ2v) is 5.31. The second-order valence-electron chi connectivity index (χ2n) is 4.43. The van der Waals surface area contributed by atoms with Gasteiger partial charge in [-0.1, -0.05) is 11.6 Å². The quantitative estimate of drug-likeness (QED) is 0.775. The zero-order valence-electron chi connectivity index (χ0n) is 11.2. The summed E-state index contributed by atoms with van der Waals surface area (Å²) in [5.74, 6) is 1.23. The molecule has 2 heterocycles. The molecule has 3 N–H and O–H groups in total. The monoisotopic (exact) mass is 286 g/mol. The Hall–Kier alpha value is -2.34. The summed E-state index contributed by atoms with van der Waals surface area (Å²) < 4.78 is 5.44. The number of H-pyrrole nitrogens is 1. The first-order chi connectivity index (χ1) is 9.70. The van der Waals surface area contributed by atoms with Crippen molar-refractivity contribution in [3.8, 4) is 27.4 Å². The lowest BCUT2D eigenvalue weighted by atomic mass is 10.0. The predicted molar refractivity (Wildman–Crippen MR) is 80.8 cm³/mol. The van der Waals surface area contributed by atoms with Gasteiger partial charge in [-0.15, -0.1) is 11.3 Å². The van der Waals surface area contributed by atoms with Crippen molar-refractivity contribution in [2.24, 2.45) is 0 Å².